The van der Waals surface area contributed by atoms with E-state index in [1.54, 1.807) is 12.1 Å². The van der Waals surface area contributed by atoms with Crippen LogP contribution in [0.4, 0.5) is 23.0 Å². The molecule has 28 heavy (non-hydrogen) atoms. The number of aryl methyl sites for hydroxylation is 1. The van der Waals surface area contributed by atoms with Crippen molar-refractivity contribution in [2.45, 2.75) is 13.3 Å². The third-order valence-electron chi connectivity index (χ3n) is 3.94. The molecule has 0 spiro atoms. The van der Waals surface area contributed by atoms with Crippen molar-refractivity contribution in [3.8, 4) is 5.75 Å². The molecular formula is C20H22N6O2. The molecule has 0 aliphatic carbocycles. The van der Waals surface area contributed by atoms with Gasteiger partial charge in [-0.2, -0.15) is 0 Å². The van der Waals surface area contributed by atoms with Crippen molar-refractivity contribution >= 4 is 28.9 Å². The van der Waals surface area contributed by atoms with Gasteiger partial charge in [0.05, 0.1) is 0 Å². The number of para-hydroxylation sites is 1. The zero-order valence-electron chi connectivity index (χ0n) is 15.5. The molecule has 0 aliphatic rings. The van der Waals surface area contributed by atoms with Crippen LogP contribution in [0.25, 0.3) is 0 Å². The zero-order chi connectivity index (χ0) is 19.8. The number of hydrogen-bond donors (Lipinski definition) is 4. The highest BCUT2D eigenvalue weighted by Gasteiger charge is 2.10. The number of nitrogen functional groups attached to an aromatic ring is 1. The van der Waals surface area contributed by atoms with Gasteiger partial charge in [0.25, 0.3) is 5.91 Å². The molecule has 144 valence electrons. The Balaban J connectivity index is 1.56. The van der Waals surface area contributed by atoms with Crippen molar-refractivity contribution in [3.63, 3.8) is 0 Å². The largest absolute Gasteiger partial charge is 0.484 e. The number of amides is 1. The van der Waals surface area contributed by atoms with Crippen molar-refractivity contribution in [1.82, 2.24) is 15.4 Å². The second-order valence-corrected chi connectivity index (χ2v) is 5.93. The van der Waals surface area contributed by atoms with Crippen LogP contribution < -0.4 is 26.6 Å². The quantitative estimate of drug-likeness (QED) is 0.446. The first-order chi connectivity index (χ1) is 13.7. The van der Waals surface area contributed by atoms with Gasteiger partial charge in [0.2, 0.25) is 0 Å². The molecule has 1 aromatic heterocycles. The third-order valence-corrected chi connectivity index (χ3v) is 3.94. The molecule has 0 bridgehead atoms. The Labute approximate surface area is 163 Å². The van der Waals surface area contributed by atoms with Crippen LogP contribution in [0, 0.1) is 0 Å². The number of aromatic nitrogens is 2. The molecule has 3 rings (SSSR count). The lowest BCUT2D eigenvalue weighted by molar-refractivity contribution is -0.122. The zero-order valence-corrected chi connectivity index (χ0v) is 15.5. The molecule has 8 nitrogen and oxygen atoms in total. The highest BCUT2D eigenvalue weighted by molar-refractivity contribution is 5.82. The summed E-state index contributed by atoms with van der Waals surface area (Å²) in [6, 6.07) is 17.1. The minimum atomic E-state index is -0.369. The fraction of sp³-hybridized carbons (Fsp3) is 0.150. The maximum Gasteiger partial charge on any atom is 0.276 e. The Kier molecular flexibility index (Phi) is 6.25. The van der Waals surface area contributed by atoms with E-state index in [4.69, 9.17) is 10.5 Å². The predicted molar refractivity (Wildman–Crippen MR) is 109 cm³/mol. The summed E-state index contributed by atoms with van der Waals surface area (Å²) in [5, 5.41) is 3.14. The Morgan fingerprint density at radius 1 is 1.04 bits per heavy atom. The van der Waals surface area contributed by atoms with Crippen LogP contribution in [0.3, 0.4) is 0 Å². The third kappa shape index (κ3) is 5.10. The summed E-state index contributed by atoms with van der Waals surface area (Å²) in [4.78, 5) is 20.1. The number of nitrogens with zero attached hydrogens (tertiary/aromatic N) is 2. The minimum Gasteiger partial charge on any atom is -0.484 e. The first-order valence-electron chi connectivity index (χ1n) is 8.85. The van der Waals surface area contributed by atoms with Crippen molar-refractivity contribution in [1.29, 1.82) is 0 Å². The van der Waals surface area contributed by atoms with Crippen LogP contribution in [0.15, 0.2) is 60.9 Å². The lowest BCUT2D eigenvalue weighted by Gasteiger charge is -2.13. The summed E-state index contributed by atoms with van der Waals surface area (Å²) in [6.45, 7) is 1.96. The highest BCUT2D eigenvalue weighted by Crippen LogP contribution is 2.25. The normalized spacial score (nSPS) is 10.2. The Morgan fingerprint density at radius 3 is 2.46 bits per heavy atom. The summed E-state index contributed by atoms with van der Waals surface area (Å²) >= 11 is 0. The van der Waals surface area contributed by atoms with Crippen LogP contribution in [0.5, 0.6) is 5.75 Å². The highest BCUT2D eigenvalue weighted by atomic mass is 16.5. The second-order valence-electron chi connectivity index (χ2n) is 5.93. The smallest absolute Gasteiger partial charge is 0.276 e. The number of rotatable bonds is 8. The maximum atomic E-state index is 11.9. The van der Waals surface area contributed by atoms with Gasteiger partial charge in [-0.15, -0.1) is 0 Å². The number of benzene rings is 2. The second kappa shape index (κ2) is 9.22. The van der Waals surface area contributed by atoms with Gasteiger partial charge in [-0.25, -0.2) is 9.97 Å². The number of hydrogen-bond acceptors (Lipinski definition) is 7. The summed E-state index contributed by atoms with van der Waals surface area (Å²) in [5.74, 6) is 0.971. The van der Waals surface area contributed by atoms with Crippen LogP contribution in [-0.2, 0) is 11.2 Å². The average Bonchev–Trinajstić information content (AvgIpc) is 2.74. The SMILES string of the molecule is CCc1ccc(Nc2ncnc(NNC(=O)COc3ccccc3)c2N)cc1. The van der Waals surface area contributed by atoms with Gasteiger partial charge < -0.3 is 15.8 Å². The van der Waals surface area contributed by atoms with E-state index in [0.29, 0.717) is 11.6 Å². The van der Waals surface area contributed by atoms with E-state index >= 15 is 0 Å². The number of nitrogens with one attached hydrogen (secondary N) is 3. The number of nitrogens with two attached hydrogens (primary N) is 1. The lowest BCUT2D eigenvalue weighted by Crippen LogP contribution is -2.34. The fourth-order valence-electron chi connectivity index (χ4n) is 2.39. The molecule has 0 aliphatic heterocycles. The number of hydrazine groups is 1. The predicted octanol–water partition coefficient (Wildman–Crippen LogP) is 2.89. The number of carbonyl (C=O) groups is 1. The van der Waals surface area contributed by atoms with Gasteiger partial charge in [0.15, 0.2) is 18.2 Å². The minimum absolute atomic E-state index is 0.142. The first kappa shape index (κ1) is 19.0. The molecule has 0 saturated heterocycles. The number of ether oxygens (including phenoxy) is 1. The lowest BCUT2D eigenvalue weighted by atomic mass is 10.1. The number of carbonyl (C=O) groups excluding carboxylic acids is 1. The fourth-order valence-corrected chi connectivity index (χ4v) is 2.39. The van der Waals surface area contributed by atoms with E-state index in [9.17, 15) is 4.79 Å². The maximum absolute atomic E-state index is 11.9. The van der Waals surface area contributed by atoms with Crippen LogP contribution in [-0.4, -0.2) is 22.5 Å². The van der Waals surface area contributed by atoms with Gasteiger partial charge in [0, 0.05) is 5.69 Å². The summed E-state index contributed by atoms with van der Waals surface area (Å²) in [5.41, 5.74) is 13.7. The van der Waals surface area contributed by atoms with Gasteiger partial charge in [-0.3, -0.25) is 15.6 Å². The Morgan fingerprint density at radius 2 is 1.75 bits per heavy atom. The summed E-state index contributed by atoms with van der Waals surface area (Å²) < 4.78 is 5.38. The van der Waals surface area contributed by atoms with E-state index in [2.05, 4.69) is 33.1 Å². The van der Waals surface area contributed by atoms with Gasteiger partial charge in [-0.05, 0) is 36.2 Å². The Hall–Kier alpha value is -3.81. The molecule has 0 unspecified atom stereocenters. The Bertz CT molecular complexity index is 916. The molecule has 5 N–H and O–H groups in total. The number of anilines is 4. The van der Waals surface area contributed by atoms with E-state index in [1.807, 2.05) is 42.5 Å². The van der Waals surface area contributed by atoms with E-state index in [-0.39, 0.29) is 24.0 Å². The van der Waals surface area contributed by atoms with Gasteiger partial charge >= 0.3 is 0 Å². The summed E-state index contributed by atoms with van der Waals surface area (Å²) in [6.07, 6.45) is 2.33. The molecule has 3 aromatic rings. The molecule has 0 saturated carbocycles. The molecule has 0 fully saturated rings. The van der Waals surface area contributed by atoms with Crippen molar-refractivity contribution in [2.75, 3.05) is 23.1 Å². The molecular weight excluding hydrogens is 356 g/mol. The van der Waals surface area contributed by atoms with Crippen LogP contribution in [0.2, 0.25) is 0 Å². The van der Waals surface area contributed by atoms with E-state index < -0.39 is 0 Å². The van der Waals surface area contributed by atoms with Crippen LogP contribution >= 0.6 is 0 Å². The molecule has 0 radical (unpaired) electrons. The van der Waals surface area contributed by atoms with E-state index in [0.717, 1.165) is 12.1 Å². The van der Waals surface area contributed by atoms with Crippen molar-refractivity contribution in [2.24, 2.45) is 0 Å². The van der Waals surface area contributed by atoms with Gasteiger partial charge in [0.1, 0.15) is 17.8 Å². The standard InChI is InChI=1S/C20H22N6O2/c1-2-14-8-10-15(11-9-14)24-19-18(21)20(23-13-22-19)26-25-17(27)12-28-16-6-4-3-5-7-16/h3-11,13H,2,12,21H2,1H3,(H,25,27)(H2,22,23,24,26). The molecule has 1 heterocycles. The molecule has 1 amide bonds. The van der Waals surface area contributed by atoms with E-state index in [1.165, 1.54) is 11.9 Å². The monoisotopic (exact) mass is 378 g/mol. The topological polar surface area (TPSA) is 114 Å². The van der Waals surface area contributed by atoms with Gasteiger partial charge in [-0.1, -0.05) is 37.3 Å². The van der Waals surface area contributed by atoms with Crippen molar-refractivity contribution < 1.29 is 9.53 Å². The average molecular weight is 378 g/mol. The summed E-state index contributed by atoms with van der Waals surface area (Å²) in [7, 11) is 0. The first-order valence-corrected chi connectivity index (χ1v) is 8.85. The van der Waals surface area contributed by atoms with Crippen LogP contribution in [0.1, 0.15) is 12.5 Å². The molecule has 2 aromatic carbocycles. The molecule has 8 heteroatoms. The van der Waals surface area contributed by atoms with Crippen molar-refractivity contribution in [3.05, 3.63) is 66.5 Å². The molecule has 0 atom stereocenters.